The van der Waals surface area contributed by atoms with E-state index in [0.29, 0.717) is 56.0 Å². The van der Waals surface area contributed by atoms with E-state index in [1.54, 1.807) is 63.5 Å². The molecule has 2 aromatic heterocycles. The third kappa shape index (κ3) is 6.95. The lowest BCUT2D eigenvalue weighted by Crippen LogP contribution is -2.30. The third-order valence-corrected chi connectivity index (χ3v) is 11.3. The summed E-state index contributed by atoms with van der Waals surface area (Å²) in [6.45, 7) is 1.91. The number of para-hydroxylation sites is 1. The van der Waals surface area contributed by atoms with Gasteiger partial charge in [0.05, 0.1) is 50.2 Å². The highest BCUT2D eigenvalue weighted by Gasteiger charge is 2.39. The van der Waals surface area contributed by atoms with Crippen molar-refractivity contribution in [1.82, 2.24) is 4.98 Å². The summed E-state index contributed by atoms with van der Waals surface area (Å²) in [4.78, 5) is 59.6. The molecule has 12 nitrogen and oxygen atoms in total. The van der Waals surface area contributed by atoms with Crippen LogP contribution < -0.4 is 19.3 Å². The van der Waals surface area contributed by atoms with Crippen LogP contribution in [0.3, 0.4) is 0 Å². The van der Waals surface area contributed by atoms with Gasteiger partial charge in [0.25, 0.3) is 5.91 Å². The van der Waals surface area contributed by atoms with E-state index in [-0.39, 0.29) is 47.8 Å². The molecule has 0 spiro atoms. The van der Waals surface area contributed by atoms with Crippen LogP contribution in [0.25, 0.3) is 21.9 Å². The highest BCUT2D eigenvalue weighted by Crippen LogP contribution is 2.48. The number of aromatic nitrogens is 1. The van der Waals surface area contributed by atoms with Crippen LogP contribution >= 0.6 is 33.2 Å². The Balaban J connectivity index is 1.39. The lowest BCUT2D eigenvalue weighted by molar-refractivity contribution is -0.140. The van der Waals surface area contributed by atoms with Gasteiger partial charge < -0.3 is 33.2 Å². The van der Waals surface area contributed by atoms with Crippen LogP contribution in [0.4, 0.5) is 16.2 Å². The first-order valence-corrected chi connectivity index (χ1v) is 18.6. The number of nitrogens with zero attached hydrogens (tertiary/aromatic N) is 2. The van der Waals surface area contributed by atoms with E-state index in [2.05, 4.69) is 4.98 Å². The third-order valence-electron chi connectivity index (χ3n) is 8.57. The zero-order valence-electron chi connectivity index (χ0n) is 28.4. The van der Waals surface area contributed by atoms with E-state index in [1.165, 1.54) is 45.6 Å². The molecule has 1 aliphatic heterocycles. The van der Waals surface area contributed by atoms with Crippen molar-refractivity contribution >= 4 is 90.4 Å². The quantitative estimate of drug-likeness (QED) is 0.0609. The van der Waals surface area contributed by atoms with Gasteiger partial charge in [0.15, 0.2) is 11.5 Å². The molecule has 2 amide bonds. The minimum Gasteiger partial charge on any atom is -0.497 e. The van der Waals surface area contributed by atoms with E-state index >= 15 is 0 Å². The predicted octanol–water partition coefficient (Wildman–Crippen LogP) is 7.94. The van der Waals surface area contributed by atoms with Gasteiger partial charge in [-0.1, -0.05) is 33.7 Å². The monoisotopic (exact) mass is 751 g/mol. The molecule has 15 heteroatoms. The molecular weight excluding hydrogens is 718 g/mol. The second-order valence-corrected chi connectivity index (χ2v) is 14.3. The Hall–Kier alpha value is -4.79. The molecule has 0 radical (unpaired) electrons. The van der Waals surface area contributed by atoms with Crippen LogP contribution in [0.1, 0.15) is 44.5 Å². The largest absolute Gasteiger partial charge is 0.497 e. The number of anilines is 2. The normalized spacial score (nSPS) is 13.7. The van der Waals surface area contributed by atoms with Crippen LogP contribution in [0.5, 0.6) is 11.5 Å². The fourth-order valence-corrected chi connectivity index (χ4v) is 8.51. The molecule has 1 aliphatic rings. The number of nitrogens with one attached hydrogen (secondary N) is 1. The second-order valence-electron chi connectivity index (χ2n) is 11.6. The van der Waals surface area contributed by atoms with Crippen molar-refractivity contribution in [1.29, 1.82) is 0 Å². The molecule has 3 aromatic carbocycles. The van der Waals surface area contributed by atoms with Crippen molar-refractivity contribution in [3.63, 3.8) is 0 Å². The Morgan fingerprint density at radius 2 is 1.84 bits per heavy atom. The molecule has 266 valence electrons. The van der Waals surface area contributed by atoms with Crippen molar-refractivity contribution in [2.45, 2.75) is 24.2 Å². The SMILES string of the molecule is COC(=O)CCSSc1ccccc1N(C)C(=O)Oc1cc2c(c3c(C(=O)OC)c(C)[nH]c13)[C@H](CCl)CN2C(=O)c1cc2cc(OC)ccc2o1. The molecule has 3 heterocycles. The molecule has 0 aliphatic carbocycles. The van der Waals surface area contributed by atoms with Crippen molar-refractivity contribution in [2.24, 2.45) is 0 Å². The van der Waals surface area contributed by atoms with Gasteiger partial charge in [0.2, 0.25) is 0 Å². The number of alkyl halides is 1. The summed E-state index contributed by atoms with van der Waals surface area (Å²) in [5, 5.41) is 1.14. The Labute approximate surface area is 306 Å². The van der Waals surface area contributed by atoms with Crippen molar-refractivity contribution in [3.8, 4) is 11.5 Å². The number of aromatic amines is 1. The number of hydrogen-bond acceptors (Lipinski definition) is 11. The summed E-state index contributed by atoms with van der Waals surface area (Å²) in [6, 6.07) is 15.8. The number of amides is 2. The fraction of sp³-hybridized carbons (Fsp3) is 0.278. The molecule has 0 bridgehead atoms. The lowest BCUT2D eigenvalue weighted by atomic mass is 9.95. The van der Waals surface area contributed by atoms with Crippen LogP contribution in [0.2, 0.25) is 0 Å². The maximum Gasteiger partial charge on any atom is 0.419 e. The van der Waals surface area contributed by atoms with Gasteiger partial charge in [-0.25, -0.2) is 9.59 Å². The fourth-order valence-electron chi connectivity index (χ4n) is 6.07. The first-order chi connectivity index (χ1) is 24.6. The summed E-state index contributed by atoms with van der Waals surface area (Å²) >= 11 is 6.52. The average molecular weight is 752 g/mol. The van der Waals surface area contributed by atoms with Crippen LogP contribution in [0, 0.1) is 6.92 Å². The molecule has 0 fully saturated rings. The maximum atomic E-state index is 14.2. The Morgan fingerprint density at radius 3 is 2.57 bits per heavy atom. The standard InChI is InChI=1S/C36H34ClN3O9S2/c1-19-30(35(43)47-5)32-31-21(17-37)18-40(34(42)27-15-20-14-22(45-3)10-11-25(20)48-27)24(31)16-26(33(32)38-19)49-36(44)39(2)23-8-6-7-9-28(23)51-50-13-12-29(41)46-4/h6-11,14-16,21,38H,12-13,17-18H2,1-5H3/t21-/m1/s1. The number of esters is 2. The average Bonchev–Trinajstić information content (AvgIpc) is 3.84. The van der Waals surface area contributed by atoms with Crippen molar-refractivity contribution in [3.05, 3.63) is 77.2 Å². The van der Waals surface area contributed by atoms with E-state index in [4.69, 9.17) is 35.0 Å². The first-order valence-electron chi connectivity index (χ1n) is 15.7. The highest BCUT2D eigenvalue weighted by atomic mass is 35.5. The number of halogens is 1. The molecular formula is C36H34ClN3O9S2. The van der Waals surface area contributed by atoms with Crippen LogP contribution in [-0.2, 0) is 14.3 Å². The summed E-state index contributed by atoms with van der Waals surface area (Å²) in [5.74, 6) is -0.241. The van der Waals surface area contributed by atoms with E-state index in [1.807, 2.05) is 12.1 Å². The van der Waals surface area contributed by atoms with E-state index in [9.17, 15) is 19.2 Å². The number of furan rings is 1. The van der Waals surface area contributed by atoms with Gasteiger partial charge in [-0.3, -0.25) is 14.5 Å². The number of aryl methyl sites for hydroxylation is 1. The summed E-state index contributed by atoms with van der Waals surface area (Å²) in [6.07, 6.45) is -0.465. The number of hydrogen-bond donors (Lipinski definition) is 1. The Kier molecular flexibility index (Phi) is 10.7. The van der Waals surface area contributed by atoms with Gasteiger partial charge in [-0.2, -0.15) is 0 Å². The predicted molar refractivity (Wildman–Crippen MR) is 198 cm³/mol. The number of H-pyrrole nitrogens is 1. The summed E-state index contributed by atoms with van der Waals surface area (Å²) in [5.41, 5.74) is 3.28. The zero-order chi connectivity index (χ0) is 36.4. The Bertz CT molecular complexity index is 2160. The molecule has 6 rings (SSSR count). The minimum absolute atomic E-state index is 0.0924. The van der Waals surface area contributed by atoms with Gasteiger partial charge in [-0.05, 0) is 48.9 Å². The number of rotatable bonds is 11. The maximum absolute atomic E-state index is 14.2. The molecule has 0 unspecified atom stereocenters. The Morgan fingerprint density at radius 1 is 1.06 bits per heavy atom. The molecule has 0 saturated heterocycles. The smallest absolute Gasteiger partial charge is 0.419 e. The molecule has 0 saturated carbocycles. The highest BCUT2D eigenvalue weighted by molar-refractivity contribution is 8.76. The second kappa shape index (κ2) is 15.2. The number of benzene rings is 3. The topological polar surface area (TPSA) is 141 Å². The number of fused-ring (bicyclic) bond motifs is 4. The van der Waals surface area contributed by atoms with Crippen molar-refractivity contribution in [2.75, 3.05) is 56.4 Å². The molecule has 5 aromatic rings. The van der Waals surface area contributed by atoms with Gasteiger partial charge in [0, 0.05) is 58.6 Å². The molecule has 1 atom stereocenters. The first kappa shape index (κ1) is 36.0. The zero-order valence-corrected chi connectivity index (χ0v) is 30.8. The van der Waals surface area contributed by atoms with E-state index < -0.39 is 18.0 Å². The minimum atomic E-state index is -0.716. The van der Waals surface area contributed by atoms with Crippen molar-refractivity contribution < 1.29 is 42.5 Å². The number of carbonyl (C=O) groups excluding carboxylic acids is 4. The molecule has 1 N–H and O–H groups in total. The van der Waals surface area contributed by atoms with Gasteiger partial charge >= 0.3 is 18.0 Å². The van der Waals surface area contributed by atoms with Gasteiger partial charge in [0.1, 0.15) is 11.3 Å². The van der Waals surface area contributed by atoms with Crippen LogP contribution in [0.15, 0.2) is 63.9 Å². The number of ether oxygens (including phenoxy) is 4. The van der Waals surface area contributed by atoms with Gasteiger partial charge in [-0.15, -0.1) is 11.6 Å². The summed E-state index contributed by atoms with van der Waals surface area (Å²) in [7, 11) is 8.65. The summed E-state index contributed by atoms with van der Waals surface area (Å²) < 4.78 is 27.2. The number of methoxy groups -OCH3 is 3. The molecule has 51 heavy (non-hydrogen) atoms. The number of carbonyl (C=O) groups is 4. The van der Waals surface area contributed by atoms with E-state index in [0.717, 1.165) is 4.90 Å². The van der Waals surface area contributed by atoms with Crippen LogP contribution in [-0.4, -0.2) is 75.5 Å². The lowest BCUT2D eigenvalue weighted by Gasteiger charge is -2.21.